The second-order valence-corrected chi connectivity index (χ2v) is 8.20. The molecule has 2 heterocycles. The van der Waals surface area contributed by atoms with Gasteiger partial charge in [0.2, 0.25) is 0 Å². The van der Waals surface area contributed by atoms with Gasteiger partial charge in [0.15, 0.2) is 0 Å². The number of thiazole rings is 1. The number of esters is 1. The fourth-order valence-electron chi connectivity index (χ4n) is 2.46. The Kier molecular flexibility index (Phi) is 4.14. The summed E-state index contributed by atoms with van der Waals surface area (Å²) in [7, 11) is -3.88. The fraction of sp³-hybridized carbons (Fsp3) is 0.267. The number of aryl methyl sites for hydroxylation is 2. The van der Waals surface area contributed by atoms with E-state index in [1.165, 1.54) is 23.5 Å². The highest BCUT2D eigenvalue weighted by Crippen LogP contribution is 2.29. The maximum atomic E-state index is 12.4. The van der Waals surface area contributed by atoms with E-state index in [1.807, 2.05) is 0 Å². The summed E-state index contributed by atoms with van der Waals surface area (Å²) in [6, 6.07) is 6.01. The average molecular weight is 366 g/mol. The van der Waals surface area contributed by atoms with E-state index in [1.54, 1.807) is 26.0 Å². The van der Waals surface area contributed by atoms with Gasteiger partial charge in [-0.25, -0.2) is 22.5 Å². The molecular weight excluding hydrogens is 352 g/mol. The van der Waals surface area contributed by atoms with Crippen molar-refractivity contribution in [2.45, 2.75) is 18.7 Å². The van der Waals surface area contributed by atoms with Crippen LogP contribution in [0.15, 0.2) is 29.2 Å². The molecule has 1 aliphatic heterocycles. The largest absolute Gasteiger partial charge is 0.460 e. The highest BCUT2D eigenvalue weighted by molar-refractivity contribution is 7.90. The van der Waals surface area contributed by atoms with Crippen molar-refractivity contribution in [1.29, 1.82) is 0 Å². The van der Waals surface area contributed by atoms with Gasteiger partial charge in [0.1, 0.15) is 16.4 Å². The molecule has 126 valence electrons. The average Bonchev–Trinajstić information content (AvgIpc) is 2.97. The standard InChI is InChI=1S/C15H14N2O5S2/c1-9-13(23-10(2)16-9)15(19)22-8-7-17-14(18)11-5-3-4-6-12(11)24(17,20)21/h3-6H,7-8H2,1-2H3. The predicted octanol–water partition coefficient (Wildman–Crippen LogP) is 1.76. The minimum Gasteiger partial charge on any atom is -0.460 e. The number of ether oxygens (including phenoxy) is 1. The van der Waals surface area contributed by atoms with Crippen LogP contribution in [0.2, 0.25) is 0 Å². The molecule has 0 aliphatic carbocycles. The highest BCUT2D eigenvalue weighted by atomic mass is 32.2. The molecule has 24 heavy (non-hydrogen) atoms. The fourth-order valence-corrected chi connectivity index (χ4v) is 4.83. The van der Waals surface area contributed by atoms with E-state index in [4.69, 9.17) is 4.74 Å². The number of sulfonamides is 1. The van der Waals surface area contributed by atoms with Gasteiger partial charge in [0, 0.05) is 0 Å². The van der Waals surface area contributed by atoms with E-state index in [0.717, 1.165) is 9.31 Å². The molecule has 0 spiro atoms. The summed E-state index contributed by atoms with van der Waals surface area (Å²) in [4.78, 5) is 28.7. The molecule has 3 rings (SSSR count). The van der Waals surface area contributed by atoms with Crippen LogP contribution in [0.1, 0.15) is 30.7 Å². The molecule has 0 bridgehead atoms. The predicted molar refractivity (Wildman–Crippen MR) is 86.5 cm³/mol. The number of nitrogens with zero attached hydrogens (tertiary/aromatic N) is 2. The van der Waals surface area contributed by atoms with Gasteiger partial charge >= 0.3 is 5.97 Å². The number of fused-ring (bicyclic) bond motifs is 1. The molecule has 0 saturated carbocycles. The zero-order valence-corrected chi connectivity index (χ0v) is 14.6. The van der Waals surface area contributed by atoms with Crippen LogP contribution >= 0.6 is 11.3 Å². The molecule has 1 amide bonds. The summed E-state index contributed by atoms with van der Waals surface area (Å²) in [6.45, 7) is 3.04. The van der Waals surface area contributed by atoms with Crippen molar-refractivity contribution in [3.63, 3.8) is 0 Å². The molecule has 1 aliphatic rings. The molecule has 0 radical (unpaired) electrons. The number of rotatable bonds is 4. The molecule has 1 aromatic carbocycles. The van der Waals surface area contributed by atoms with Gasteiger partial charge in [-0.1, -0.05) is 12.1 Å². The third kappa shape index (κ3) is 2.69. The van der Waals surface area contributed by atoms with Crippen LogP contribution in [0.3, 0.4) is 0 Å². The van der Waals surface area contributed by atoms with E-state index < -0.39 is 21.9 Å². The molecule has 2 aromatic rings. The van der Waals surface area contributed by atoms with Crippen molar-refractivity contribution in [1.82, 2.24) is 9.29 Å². The number of benzene rings is 1. The quantitative estimate of drug-likeness (QED) is 0.766. The van der Waals surface area contributed by atoms with Crippen molar-refractivity contribution in [2.75, 3.05) is 13.2 Å². The first kappa shape index (κ1) is 16.6. The second kappa shape index (κ2) is 5.99. The molecule has 0 N–H and O–H groups in total. The van der Waals surface area contributed by atoms with Crippen molar-refractivity contribution in [3.8, 4) is 0 Å². The number of hydrogen-bond acceptors (Lipinski definition) is 7. The first-order valence-electron chi connectivity index (χ1n) is 7.09. The van der Waals surface area contributed by atoms with Gasteiger partial charge in [0.05, 0.1) is 22.8 Å². The highest BCUT2D eigenvalue weighted by Gasteiger charge is 2.40. The van der Waals surface area contributed by atoms with Crippen LogP contribution in [0.4, 0.5) is 0 Å². The zero-order chi connectivity index (χ0) is 17.5. The topological polar surface area (TPSA) is 93.6 Å². The zero-order valence-electron chi connectivity index (χ0n) is 13.0. The van der Waals surface area contributed by atoms with E-state index >= 15 is 0 Å². The number of hydrogen-bond donors (Lipinski definition) is 0. The molecule has 7 nitrogen and oxygen atoms in total. The third-order valence-electron chi connectivity index (χ3n) is 3.53. The van der Waals surface area contributed by atoms with Crippen molar-refractivity contribution >= 4 is 33.2 Å². The normalized spacial score (nSPS) is 15.4. The number of carbonyl (C=O) groups excluding carboxylic acids is 2. The molecular formula is C15H14N2O5S2. The van der Waals surface area contributed by atoms with Crippen LogP contribution in [0, 0.1) is 13.8 Å². The van der Waals surface area contributed by atoms with Crippen LogP contribution in [-0.2, 0) is 14.8 Å². The summed E-state index contributed by atoms with van der Waals surface area (Å²) in [5.41, 5.74) is 0.706. The summed E-state index contributed by atoms with van der Waals surface area (Å²) >= 11 is 1.21. The summed E-state index contributed by atoms with van der Waals surface area (Å²) in [6.07, 6.45) is 0. The molecule has 0 fully saturated rings. The Morgan fingerprint density at radius 3 is 2.62 bits per heavy atom. The van der Waals surface area contributed by atoms with Gasteiger partial charge in [-0.05, 0) is 26.0 Å². The SMILES string of the molecule is Cc1nc(C)c(C(=O)OCCN2C(=O)c3ccccc3S2(=O)=O)s1. The lowest BCUT2D eigenvalue weighted by Crippen LogP contribution is -2.33. The molecule has 1 aromatic heterocycles. The Balaban J connectivity index is 1.69. The van der Waals surface area contributed by atoms with Crippen LogP contribution < -0.4 is 0 Å². The smallest absolute Gasteiger partial charge is 0.350 e. The summed E-state index contributed by atoms with van der Waals surface area (Å²) in [5, 5.41) is 0.743. The Hall–Kier alpha value is -2.26. The first-order chi connectivity index (χ1) is 11.3. The second-order valence-electron chi connectivity index (χ2n) is 5.16. The van der Waals surface area contributed by atoms with E-state index in [2.05, 4.69) is 4.98 Å². The Bertz CT molecular complexity index is 933. The van der Waals surface area contributed by atoms with E-state index in [9.17, 15) is 18.0 Å². The number of amides is 1. The van der Waals surface area contributed by atoms with Gasteiger partial charge in [0.25, 0.3) is 15.9 Å². The first-order valence-corrected chi connectivity index (χ1v) is 9.35. The Morgan fingerprint density at radius 1 is 1.29 bits per heavy atom. The lowest BCUT2D eigenvalue weighted by molar-refractivity contribution is 0.0482. The molecule has 9 heteroatoms. The minimum absolute atomic E-state index is 0.0183. The maximum absolute atomic E-state index is 12.4. The van der Waals surface area contributed by atoms with Crippen LogP contribution in [0.25, 0.3) is 0 Å². The Morgan fingerprint density at radius 2 is 2.00 bits per heavy atom. The van der Waals surface area contributed by atoms with E-state index in [0.29, 0.717) is 10.6 Å². The molecule has 0 saturated heterocycles. The minimum atomic E-state index is -3.88. The third-order valence-corrected chi connectivity index (χ3v) is 6.42. The van der Waals surface area contributed by atoms with Gasteiger partial charge in [-0.2, -0.15) is 0 Å². The van der Waals surface area contributed by atoms with Gasteiger partial charge in [-0.3, -0.25) is 4.79 Å². The molecule has 0 atom stereocenters. The maximum Gasteiger partial charge on any atom is 0.350 e. The van der Waals surface area contributed by atoms with Crippen LogP contribution in [0.5, 0.6) is 0 Å². The summed E-state index contributed by atoms with van der Waals surface area (Å²) in [5.74, 6) is -1.17. The van der Waals surface area contributed by atoms with Crippen molar-refractivity contribution in [3.05, 3.63) is 45.4 Å². The van der Waals surface area contributed by atoms with Crippen molar-refractivity contribution < 1.29 is 22.7 Å². The van der Waals surface area contributed by atoms with E-state index in [-0.39, 0.29) is 23.6 Å². The lowest BCUT2D eigenvalue weighted by atomic mass is 10.2. The Labute approximate surface area is 142 Å². The number of aromatic nitrogens is 1. The van der Waals surface area contributed by atoms with Gasteiger partial charge < -0.3 is 4.74 Å². The monoisotopic (exact) mass is 366 g/mol. The van der Waals surface area contributed by atoms with Crippen LogP contribution in [-0.4, -0.2) is 42.7 Å². The van der Waals surface area contributed by atoms with Crippen molar-refractivity contribution in [2.24, 2.45) is 0 Å². The molecule has 0 unspecified atom stereocenters. The lowest BCUT2D eigenvalue weighted by Gasteiger charge is -2.14. The number of carbonyl (C=O) groups is 2. The van der Waals surface area contributed by atoms with Gasteiger partial charge in [-0.15, -0.1) is 11.3 Å². The summed E-state index contributed by atoms with van der Waals surface area (Å²) < 4.78 is 30.5.